The molecule has 0 aromatic heterocycles. The van der Waals surface area contributed by atoms with Gasteiger partial charge in [0, 0.05) is 24.7 Å². The molecule has 90 valence electrons. The van der Waals surface area contributed by atoms with Crippen LogP contribution in [0.2, 0.25) is 0 Å². The second-order valence-electron chi connectivity index (χ2n) is 5.74. The summed E-state index contributed by atoms with van der Waals surface area (Å²) in [6, 6.07) is 0. The molecule has 0 bridgehead atoms. The number of ether oxygens (including phenoxy) is 2. The number of rotatable bonds is 0. The largest absolute Gasteiger partial charge is 0.348 e. The highest BCUT2D eigenvalue weighted by atomic mass is 16.7. The summed E-state index contributed by atoms with van der Waals surface area (Å²) in [4.78, 5) is 12.1. The Morgan fingerprint density at radius 2 is 2.00 bits per heavy atom. The second-order valence-corrected chi connectivity index (χ2v) is 5.74. The summed E-state index contributed by atoms with van der Waals surface area (Å²) in [6.45, 7) is 3.59. The van der Waals surface area contributed by atoms with E-state index in [1.165, 1.54) is 0 Å². The van der Waals surface area contributed by atoms with Crippen LogP contribution < -0.4 is 0 Å². The van der Waals surface area contributed by atoms with E-state index in [-0.39, 0.29) is 11.2 Å². The molecule has 1 saturated heterocycles. The smallest absolute Gasteiger partial charge is 0.168 e. The van der Waals surface area contributed by atoms with E-state index in [9.17, 15) is 4.79 Å². The summed E-state index contributed by atoms with van der Waals surface area (Å²) in [7, 11) is 0. The molecule has 3 aliphatic rings. The molecule has 0 aromatic carbocycles. The third-order valence-corrected chi connectivity index (χ3v) is 4.89. The van der Waals surface area contributed by atoms with E-state index in [2.05, 4.69) is 6.92 Å². The molecule has 2 aliphatic carbocycles. The highest BCUT2D eigenvalue weighted by Crippen LogP contribution is 2.53. The average Bonchev–Trinajstić information content (AvgIpc) is 2.71. The third-order valence-electron chi connectivity index (χ3n) is 4.89. The highest BCUT2D eigenvalue weighted by molar-refractivity contribution is 5.85. The van der Waals surface area contributed by atoms with Gasteiger partial charge in [0.15, 0.2) is 5.79 Å². The van der Waals surface area contributed by atoms with Gasteiger partial charge in [-0.25, -0.2) is 0 Å². The van der Waals surface area contributed by atoms with Crippen LogP contribution >= 0.6 is 0 Å². The van der Waals surface area contributed by atoms with Gasteiger partial charge in [-0.15, -0.1) is 0 Å². The molecule has 1 heterocycles. The van der Waals surface area contributed by atoms with Gasteiger partial charge in [-0.1, -0.05) is 6.92 Å². The number of hydrogen-bond acceptors (Lipinski definition) is 3. The van der Waals surface area contributed by atoms with E-state index in [0.29, 0.717) is 11.7 Å². The number of carbonyl (C=O) groups excluding carboxylic acids is 1. The topological polar surface area (TPSA) is 35.5 Å². The summed E-state index contributed by atoms with van der Waals surface area (Å²) in [5.41, 5.74) is -0.0845. The SMILES string of the molecule is C[C@]12CCC3(C[C@H]1CCCC2=O)OCCO3. The fourth-order valence-corrected chi connectivity index (χ4v) is 3.70. The molecular weight excluding hydrogens is 204 g/mol. The van der Waals surface area contributed by atoms with Gasteiger partial charge in [0.05, 0.1) is 13.2 Å². The van der Waals surface area contributed by atoms with Crippen LogP contribution in [0.25, 0.3) is 0 Å². The van der Waals surface area contributed by atoms with Crippen LogP contribution in [-0.2, 0) is 14.3 Å². The molecule has 0 unspecified atom stereocenters. The third kappa shape index (κ3) is 1.45. The van der Waals surface area contributed by atoms with Gasteiger partial charge < -0.3 is 9.47 Å². The molecule has 3 fully saturated rings. The molecule has 3 nitrogen and oxygen atoms in total. The zero-order chi connectivity index (χ0) is 11.2. The van der Waals surface area contributed by atoms with E-state index in [1.807, 2.05) is 0 Å². The Morgan fingerprint density at radius 3 is 2.75 bits per heavy atom. The first-order valence-corrected chi connectivity index (χ1v) is 6.46. The Bertz CT molecular complexity index is 306. The van der Waals surface area contributed by atoms with Gasteiger partial charge in [0.25, 0.3) is 0 Å². The van der Waals surface area contributed by atoms with Crippen LogP contribution in [0.4, 0.5) is 0 Å². The molecular formula is C13H20O3. The predicted molar refractivity (Wildman–Crippen MR) is 58.9 cm³/mol. The summed E-state index contributed by atoms with van der Waals surface area (Å²) >= 11 is 0. The summed E-state index contributed by atoms with van der Waals surface area (Å²) < 4.78 is 11.6. The fourth-order valence-electron chi connectivity index (χ4n) is 3.70. The first-order valence-electron chi connectivity index (χ1n) is 6.46. The van der Waals surface area contributed by atoms with Crippen molar-refractivity contribution in [3.05, 3.63) is 0 Å². The summed E-state index contributed by atoms with van der Waals surface area (Å²) in [6.07, 6.45) is 5.76. The van der Waals surface area contributed by atoms with Gasteiger partial charge in [0.1, 0.15) is 5.78 Å². The van der Waals surface area contributed by atoms with Crippen molar-refractivity contribution < 1.29 is 14.3 Å². The molecule has 3 heteroatoms. The number of fused-ring (bicyclic) bond motifs is 1. The standard InChI is InChI=1S/C13H20O3/c1-12-5-6-13(15-7-8-16-13)9-10(12)3-2-4-11(12)14/h10H,2-9H2,1H3/t10-,12+/m1/s1. The van der Waals surface area contributed by atoms with E-state index >= 15 is 0 Å². The highest BCUT2D eigenvalue weighted by Gasteiger charge is 2.53. The minimum atomic E-state index is -0.332. The van der Waals surface area contributed by atoms with Crippen molar-refractivity contribution in [3.63, 3.8) is 0 Å². The molecule has 2 saturated carbocycles. The zero-order valence-electron chi connectivity index (χ0n) is 9.96. The maximum Gasteiger partial charge on any atom is 0.168 e. The molecule has 0 radical (unpaired) electrons. The number of ketones is 1. The average molecular weight is 224 g/mol. The minimum absolute atomic E-state index is 0.0845. The molecule has 3 rings (SSSR count). The maximum absolute atomic E-state index is 12.1. The van der Waals surface area contributed by atoms with Crippen molar-refractivity contribution in [2.24, 2.45) is 11.3 Å². The first kappa shape index (κ1) is 10.7. The van der Waals surface area contributed by atoms with Gasteiger partial charge in [0.2, 0.25) is 0 Å². The lowest BCUT2D eigenvalue weighted by atomic mass is 9.58. The summed E-state index contributed by atoms with van der Waals surface area (Å²) in [5, 5.41) is 0. The lowest BCUT2D eigenvalue weighted by molar-refractivity contribution is -0.209. The van der Waals surface area contributed by atoms with Crippen molar-refractivity contribution in [1.29, 1.82) is 0 Å². The van der Waals surface area contributed by atoms with E-state index in [4.69, 9.17) is 9.47 Å². The van der Waals surface area contributed by atoms with Crippen LogP contribution in [0, 0.1) is 11.3 Å². The van der Waals surface area contributed by atoms with Crippen LogP contribution in [-0.4, -0.2) is 24.8 Å². The van der Waals surface area contributed by atoms with Gasteiger partial charge in [-0.2, -0.15) is 0 Å². The van der Waals surface area contributed by atoms with Crippen LogP contribution in [0.15, 0.2) is 0 Å². The molecule has 2 atom stereocenters. The Balaban J connectivity index is 1.82. The summed E-state index contributed by atoms with van der Waals surface area (Å²) in [5.74, 6) is 0.610. The molecule has 0 amide bonds. The quantitative estimate of drug-likeness (QED) is 0.633. The molecule has 0 aromatic rings. The normalized spacial score (nSPS) is 42.3. The van der Waals surface area contributed by atoms with Crippen molar-refractivity contribution >= 4 is 5.78 Å². The van der Waals surface area contributed by atoms with Crippen LogP contribution in [0.3, 0.4) is 0 Å². The first-order chi connectivity index (χ1) is 7.65. The second kappa shape index (κ2) is 3.54. The molecule has 16 heavy (non-hydrogen) atoms. The number of hydrogen-bond donors (Lipinski definition) is 0. The molecule has 1 spiro atoms. The number of Topliss-reactive ketones (excluding diaryl/α,β-unsaturated/α-hetero) is 1. The Kier molecular flexibility index (Phi) is 2.37. The van der Waals surface area contributed by atoms with E-state index < -0.39 is 0 Å². The molecule has 0 N–H and O–H groups in total. The minimum Gasteiger partial charge on any atom is -0.348 e. The monoisotopic (exact) mass is 224 g/mol. The lowest BCUT2D eigenvalue weighted by Crippen LogP contribution is -2.50. The Morgan fingerprint density at radius 1 is 1.25 bits per heavy atom. The van der Waals surface area contributed by atoms with E-state index in [1.54, 1.807) is 0 Å². The van der Waals surface area contributed by atoms with Crippen molar-refractivity contribution in [2.75, 3.05) is 13.2 Å². The van der Waals surface area contributed by atoms with Crippen LogP contribution in [0.1, 0.15) is 45.4 Å². The zero-order valence-corrected chi connectivity index (χ0v) is 9.96. The Hall–Kier alpha value is -0.410. The fraction of sp³-hybridized carbons (Fsp3) is 0.923. The predicted octanol–water partition coefficient (Wildman–Crippen LogP) is 2.29. The van der Waals surface area contributed by atoms with Gasteiger partial charge in [-0.3, -0.25) is 4.79 Å². The van der Waals surface area contributed by atoms with Crippen molar-refractivity contribution in [3.8, 4) is 0 Å². The van der Waals surface area contributed by atoms with Gasteiger partial charge >= 0.3 is 0 Å². The Labute approximate surface area is 96.5 Å². The molecule has 1 aliphatic heterocycles. The maximum atomic E-state index is 12.1. The van der Waals surface area contributed by atoms with Crippen molar-refractivity contribution in [1.82, 2.24) is 0 Å². The van der Waals surface area contributed by atoms with Crippen molar-refractivity contribution in [2.45, 2.75) is 51.2 Å². The van der Waals surface area contributed by atoms with Gasteiger partial charge in [-0.05, 0) is 25.2 Å². The number of carbonyl (C=O) groups is 1. The van der Waals surface area contributed by atoms with Crippen LogP contribution in [0.5, 0.6) is 0 Å². The van der Waals surface area contributed by atoms with E-state index in [0.717, 1.165) is 51.7 Å². The lowest BCUT2D eigenvalue weighted by Gasteiger charge is -2.49.